The smallest absolute Gasteiger partial charge is 0.257 e. The molecule has 1 heterocycles. The number of hydrogen-bond donors (Lipinski definition) is 1. The number of ether oxygens (including phenoxy) is 1. The van der Waals surface area contributed by atoms with E-state index in [2.05, 4.69) is 16.4 Å². The minimum atomic E-state index is -3.77. The molecule has 3 aromatic rings. The Morgan fingerprint density at radius 3 is 2.47 bits per heavy atom. The van der Waals surface area contributed by atoms with Crippen LogP contribution in [0.2, 0.25) is 0 Å². The van der Waals surface area contributed by atoms with Crippen LogP contribution in [0.15, 0.2) is 46.7 Å². The van der Waals surface area contributed by atoms with E-state index in [-0.39, 0.29) is 16.2 Å². The molecule has 2 aromatic carbocycles. The largest absolute Gasteiger partial charge is 0.495 e. The summed E-state index contributed by atoms with van der Waals surface area (Å²) in [6.45, 7) is 4.09. The van der Waals surface area contributed by atoms with Crippen molar-refractivity contribution in [2.75, 3.05) is 26.5 Å². The Morgan fingerprint density at radius 2 is 1.83 bits per heavy atom. The van der Waals surface area contributed by atoms with Gasteiger partial charge < -0.3 is 4.74 Å². The van der Waals surface area contributed by atoms with Gasteiger partial charge in [0.1, 0.15) is 10.6 Å². The summed E-state index contributed by atoms with van der Waals surface area (Å²) >= 11 is 1.31. The highest BCUT2D eigenvalue weighted by Crippen LogP contribution is 2.29. The highest BCUT2D eigenvalue weighted by atomic mass is 32.2. The van der Waals surface area contributed by atoms with Gasteiger partial charge in [0.2, 0.25) is 10.0 Å². The third-order valence-electron chi connectivity index (χ3n) is 4.71. The van der Waals surface area contributed by atoms with Crippen molar-refractivity contribution < 1.29 is 17.9 Å². The second-order valence-electron chi connectivity index (χ2n) is 6.94. The van der Waals surface area contributed by atoms with Crippen molar-refractivity contribution in [1.82, 2.24) is 9.29 Å². The van der Waals surface area contributed by atoms with Gasteiger partial charge in [-0.1, -0.05) is 12.1 Å². The zero-order chi connectivity index (χ0) is 22.1. The van der Waals surface area contributed by atoms with Gasteiger partial charge in [0.05, 0.1) is 12.8 Å². The predicted octanol–water partition coefficient (Wildman–Crippen LogP) is 3.94. The lowest BCUT2D eigenvalue weighted by Gasteiger charge is -2.15. The topological polar surface area (TPSA) is 88.6 Å². The first-order chi connectivity index (χ1) is 14.1. The maximum atomic E-state index is 12.7. The summed E-state index contributed by atoms with van der Waals surface area (Å²) in [5.74, 6) is -0.277. The molecule has 0 radical (unpaired) electrons. The maximum Gasteiger partial charge on any atom is 0.257 e. The van der Waals surface area contributed by atoms with Crippen molar-refractivity contribution in [2.24, 2.45) is 0 Å². The SMILES string of the molecule is COc1ccc(C(=O)Nc2nc(-c3ccc(C)c(C)c3)cs2)cc1S(=O)(=O)N(C)C. The van der Waals surface area contributed by atoms with E-state index < -0.39 is 15.9 Å². The molecule has 0 aliphatic heterocycles. The molecular weight excluding hydrogens is 422 g/mol. The first-order valence-corrected chi connectivity index (χ1v) is 11.4. The van der Waals surface area contributed by atoms with Gasteiger partial charge in [-0.2, -0.15) is 0 Å². The van der Waals surface area contributed by atoms with Crippen LogP contribution in [0.3, 0.4) is 0 Å². The van der Waals surface area contributed by atoms with Crippen molar-refractivity contribution in [2.45, 2.75) is 18.7 Å². The van der Waals surface area contributed by atoms with E-state index >= 15 is 0 Å². The van der Waals surface area contributed by atoms with Crippen molar-refractivity contribution in [3.8, 4) is 17.0 Å². The van der Waals surface area contributed by atoms with Gasteiger partial charge in [0.25, 0.3) is 5.91 Å². The van der Waals surface area contributed by atoms with Gasteiger partial charge in [-0.05, 0) is 49.2 Å². The zero-order valence-electron chi connectivity index (χ0n) is 17.4. The number of carbonyl (C=O) groups is 1. The van der Waals surface area contributed by atoms with Crippen molar-refractivity contribution in [1.29, 1.82) is 0 Å². The lowest BCUT2D eigenvalue weighted by molar-refractivity contribution is 0.102. The fraction of sp³-hybridized carbons (Fsp3) is 0.238. The van der Waals surface area contributed by atoms with Crippen LogP contribution < -0.4 is 10.1 Å². The molecule has 1 N–H and O–H groups in total. The molecule has 0 aliphatic carbocycles. The summed E-state index contributed by atoms with van der Waals surface area (Å²) in [7, 11) is 0.454. The molecule has 1 aromatic heterocycles. The zero-order valence-corrected chi connectivity index (χ0v) is 19.0. The normalized spacial score (nSPS) is 11.5. The Labute approximate surface area is 180 Å². The van der Waals surface area contributed by atoms with Crippen LogP contribution in [0.4, 0.5) is 5.13 Å². The summed E-state index contributed by atoms with van der Waals surface area (Å²) in [6.07, 6.45) is 0. The van der Waals surface area contributed by atoms with Crippen LogP contribution >= 0.6 is 11.3 Å². The van der Waals surface area contributed by atoms with E-state index in [0.717, 1.165) is 15.6 Å². The lowest BCUT2D eigenvalue weighted by Crippen LogP contribution is -2.23. The van der Waals surface area contributed by atoms with Crippen molar-refractivity contribution in [3.63, 3.8) is 0 Å². The molecule has 0 bridgehead atoms. The van der Waals surface area contributed by atoms with E-state index in [9.17, 15) is 13.2 Å². The first kappa shape index (κ1) is 21.9. The monoisotopic (exact) mass is 445 g/mol. The minimum absolute atomic E-state index is 0.0717. The molecule has 158 valence electrons. The van der Waals surface area contributed by atoms with Gasteiger partial charge in [-0.25, -0.2) is 17.7 Å². The second kappa shape index (κ2) is 8.55. The number of aromatic nitrogens is 1. The summed E-state index contributed by atoms with van der Waals surface area (Å²) in [6, 6.07) is 10.4. The average molecular weight is 446 g/mol. The number of rotatable bonds is 6. The van der Waals surface area contributed by atoms with Crippen LogP contribution in [0.25, 0.3) is 11.3 Å². The van der Waals surface area contributed by atoms with Crippen molar-refractivity contribution >= 4 is 32.4 Å². The standard InChI is InChI=1S/C21H23N3O4S2/c1-13-6-7-15(10-14(13)2)17-12-29-21(22-17)23-20(25)16-8-9-18(28-5)19(11-16)30(26,27)24(3)4/h6-12H,1-5H3,(H,22,23,25). The number of nitrogens with zero attached hydrogens (tertiary/aromatic N) is 2. The molecule has 3 rings (SSSR count). The molecule has 9 heteroatoms. The Balaban J connectivity index is 1.86. The number of thiazole rings is 1. The number of benzene rings is 2. The molecule has 1 amide bonds. The van der Waals surface area contributed by atoms with Crippen LogP contribution in [-0.4, -0.2) is 44.8 Å². The van der Waals surface area contributed by atoms with Gasteiger partial charge in [0, 0.05) is 30.6 Å². The molecule has 0 unspecified atom stereocenters. The van der Waals surface area contributed by atoms with Gasteiger partial charge in [-0.3, -0.25) is 10.1 Å². The molecular formula is C21H23N3O4S2. The van der Waals surface area contributed by atoms with E-state index in [1.165, 1.54) is 61.9 Å². The summed E-state index contributed by atoms with van der Waals surface area (Å²) in [4.78, 5) is 17.1. The molecule has 0 saturated carbocycles. The van der Waals surface area contributed by atoms with Gasteiger partial charge >= 0.3 is 0 Å². The fourth-order valence-electron chi connectivity index (χ4n) is 2.75. The number of amides is 1. The molecule has 7 nitrogen and oxygen atoms in total. The van der Waals surface area contributed by atoms with E-state index in [0.29, 0.717) is 5.13 Å². The lowest BCUT2D eigenvalue weighted by atomic mass is 10.1. The number of sulfonamides is 1. The number of nitrogens with one attached hydrogen (secondary N) is 1. The molecule has 0 aliphatic rings. The van der Waals surface area contributed by atoms with Gasteiger partial charge in [-0.15, -0.1) is 11.3 Å². The number of carbonyl (C=O) groups excluding carboxylic acids is 1. The highest BCUT2D eigenvalue weighted by molar-refractivity contribution is 7.89. The summed E-state index contributed by atoms with van der Waals surface area (Å²) in [5.41, 5.74) is 4.30. The third-order valence-corrected chi connectivity index (χ3v) is 7.31. The van der Waals surface area contributed by atoms with Crippen LogP contribution in [-0.2, 0) is 10.0 Å². The molecule has 0 spiro atoms. The van der Waals surface area contributed by atoms with Crippen molar-refractivity contribution in [3.05, 3.63) is 58.5 Å². The average Bonchev–Trinajstić information content (AvgIpc) is 3.17. The minimum Gasteiger partial charge on any atom is -0.495 e. The number of aryl methyl sites for hydroxylation is 2. The molecule has 0 saturated heterocycles. The van der Waals surface area contributed by atoms with Crippen LogP contribution in [0.1, 0.15) is 21.5 Å². The first-order valence-electron chi connectivity index (χ1n) is 9.08. The summed E-state index contributed by atoms with van der Waals surface area (Å²) in [5, 5.41) is 5.04. The van der Waals surface area contributed by atoms with E-state index in [1.54, 1.807) is 0 Å². The molecule has 30 heavy (non-hydrogen) atoms. The Hall–Kier alpha value is -2.75. The van der Waals surface area contributed by atoms with E-state index in [1.807, 2.05) is 31.4 Å². The summed E-state index contributed by atoms with van der Waals surface area (Å²) < 4.78 is 31.4. The molecule has 0 fully saturated rings. The second-order valence-corrected chi connectivity index (χ2v) is 9.92. The van der Waals surface area contributed by atoms with Gasteiger partial charge in [0.15, 0.2) is 5.13 Å². The molecule has 0 atom stereocenters. The number of hydrogen-bond acceptors (Lipinski definition) is 6. The number of methoxy groups -OCH3 is 1. The quantitative estimate of drug-likeness (QED) is 0.621. The maximum absolute atomic E-state index is 12.7. The van der Waals surface area contributed by atoms with E-state index in [4.69, 9.17) is 4.74 Å². The Kier molecular flexibility index (Phi) is 6.25. The Bertz CT molecular complexity index is 1200. The highest BCUT2D eigenvalue weighted by Gasteiger charge is 2.24. The number of anilines is 1. The van der Waals surface area contributed by atoms with Crippen LogP contribution in [0, 0.1) is 13.8 Å². The predicted molar refractivity (Wildman–Crippen MR) is 119 cm³/mol. The third kappa shape index (κ3) is 4.38. The van der Waals surface area contributed by atoms with Crippen LogP contribution in [0.5, 0.6) is 5.75 Å². The fourth-order valence-corrected chi connectivity index (χ4v) is 4.54. The Morgan fingerprint density at radius 1 is 1.10 bits per heavy atom.